The van der Waals surface area contributed by atoms with Crippen molar-refractivity contribution in [2.24, 2.45) is 0 Å². The summed E-state index contributed by atoms with van der Waals surface area (Å²) in [6.45, 7) is 8.33. The number of carbonyl (C=O) groups is 2. The molecule has 0 aliphatic carbocycles. The molecule has 0 aliphatic rings. The molecule has 2 N–H and O–H groups in total. The maximum atomic E-state index is 12.5. The highest BCUT2D eigenvalue weighted by atomic mass is 32.2. The van der Waals surface area contributed by atoms with Gasteiger partial charge in [0.05, 0.1) is 11.7 Å². The first kappa shape index (κ1) is 22.0. The molecular formula is C20H24N6O2S2. The van der Waals surface area contributed by atoms with E-state index >= 15 is 0 Å². The van der Waals surface area contributed by atoms with Gasteiger partial charge < -0.3 is 15.2 Å². The number of hydrogen-bond acceptors (Lipinski definition) is 7. The van der Waals surface area contributed by atoms with Gasteiger partial charge in [0.1, 0.15) is 5.82 Å². The third-order valence-corrected chi connectivity index (χ3v) is 6.17. The summed E-state index contributed by atoms with van der Waals surface area (Å²) in [6.07, 6.45) is 1.75. The van der Waals surface area contributed by atoms with Gasteiger partial charge in [0.2, 0.25) is 11.8 Å². The highest BCUT2D eigenvalue weighted by molar-refractivity contribution is 8.00. The standard InChI is InChI=1S/C20H24N6O2S2/c1-5-26-16(11-17(27)22-15-7-6-12(2)10-13(15)3)24-25-20(26)30-14(4)18(28)23-19-21-8-9-29-19/h6-10,14H,5,11H2,1-4H3,(H,22,27)(H,21,23,28)/t14-/m1/s1. The van der Waals surface area contributed by atoms with Crippen LogP contribution in [-0.2, 0) is 22.6 Å². The van der Waals surface area contributed by atoms with Crippen LogP contribution < -0.4 is 10.6 Å². The fourth-order valence-corrected chi connectivity index (χ4v) is 4.31. The Morgan fingerprint density at radius 3 is 2.70 bits per heavy atom. The van der Waals surface area contributed by atoms with E-state index in [1.54, 1.807) is 18.5 Å². The van der Waals surface area contributed by atoms with E-state index in [0.717, 1.165) is 16.8 Å². The first-order chi connectivity index (χ1) is 14.4. The van der Waals surface area contributed by atoms with Gasteiger partial charge in [-0.3, -0.25) is 9.59 Å². The molecule has 2 amide bonds. The summed E-state index contributed by atoms with van der Waals surface area (Å²) >= 11 is 2.67. The number of anilines is 2. The van der Waals surface area contributed by atoms with Crippen LogP contribution in [0, 0.1) is 13.8 Å². The summed E-state index contributed by atoms with van der Waals surface area (Å²) in [6, 6.07) is 5.89. The molecule has 0 radical (unpaired) electrons. The van der Waals surface area contributed by atoms with Crippen LogP contribution in [0.4, 0.5) is 10.8 Å². The second-order valence-electron chi connectivity index (χ2n) is 6.77. The average molecular weight is 445 g/mol. The van der Waals surface area contributed by atoms with Gasteiger partial charge in [-0.05, 0) is 39.3 Å². The Hall–Kier alpha value is -2.72. The molecule has 1 aromatic carbocycles. The van der Waals surface area contributed by atoms with Gasteiger partial charge in [0, 0.05) is 23.8 Å². The summed E-state index contributed by atoms with van der Waals surface area (Å²) in [4.78, 5) is 29.0. The topological polar surface area (TPSA) is 102 Å². The minimum atomic E-state index is -0.389. The first-order valence-electron chi connectivity index (χ1n) is 9.53. The van der Waals surface area contributed by atoms with Gasteiger partial charge in [-0.1, -0.05) is 29.5 Å². The molecule has 30 heavy (non-hydrogen) atoms. The molecular weight excluding hydrogens is 420 g/mol. The van der Waals surface area contributed by atoms with Crippen molar-refractivity contribution in [3.05, 3.63) is 46.7 Å². The zero-order valence-electron chi connectivity index (χ0n) is 17.3. The number of benzene rings is 1. The van der Waals surface area contributed by atoms with Crippen molar-refractivity contribution in [3.8, 4) is 0 Å². The Labute approximate surface area is 183 Å². The van der Waals surface area contributed by atoms with Crippen LogP contribution >= 0.6 is 23.1 Å². The molecule has 0 bridgehead atoms. The molecule has 0 spiro atoms. The zero-order chi connectivity index (χ0) is 21.7. The van der Waals surface area contributed by atoms with E-state index in [2.05, 4.69) is 25.8 Å². The number of rotatable bonds is 8. The third-order valence-electron chi connectivity index (χ3n) is 4.40. The van der Waals surface area contributed by atoms with E-state index in [9.17, 15) is 9.59 Å². The molecule has 2 aromatic heterocycles. The number of carbonyl (C=O) groups excluding carboxylic acids is 2. The van der Waals surface area contributed by atoms with Crippen molar-refractivity contribution in [2.45, 2.75) is 51.1 Å². The molecule has 2 heterocycles. The second-order valence-corrected chi connectivity index (χ2v) is 8.98. The Kier molecular flexibility index (Phi) is 7.22. The van der Waals surface area contributed by atoms with Crippen LogP contribution in [0.15, 0.2) is 34.9 Å². The SMILES string of the molecule is CCn1c(CC(=O)Nc2ccc(C)cc2C)nnc1S[C@H](C)C(=O)Nc1nccs1. The zero-order valence-corrected chi connectivity index (χ0v) is 18.9. The van der Waals surface area contributed by atoms with E-state index < -0.39 is 0 Å². The molecule has 1 atom stereocenters. The number of aromatic nitrogens is 4. The molecule has 158 valence electrons. The lowest BCUT2D eigenvalue weighted by molar-refractivity contribution is -0.116. The molecule has 3 aromatic rings. The van der Waals surface area contributed by atoms with Crippen molar-refractivity contribution >= 4 is 45.7 Å². The third kappa shape index (κ3) is 5.45. The van der Waals surface area contributed by atoms with Gasteiger partial charge in [-0.15, -0.1) is 21.5 Å². The number of amides is 2. The maximum absolute atomic E-state index is 12.5. The number of aryl methyl sites for hydroxylation is 2. The van der Waals surface area contributed by atoms with Crippen LogP contribution in [0.3, 0.4) is 0 Å². The summed E-state index contributed by atoms with van der Waals surface area (Å²) < 4.78 is 1.86. The van der Waals surface area contributed by atoms with Crippen LogP contribution in [0.25, 0.3) is 0 Å². The monoisotopic (exact) mass is 444 g/mol. The Morgan fingerprint density at radius 2 is 2.03 bits per heavy atom. The van der Waals surface area contributed by atoms with Crippen molar-refractivity contribution in [3.63, 3.8) is 0 Å². The minimum Gasteiger partial charge on any atom is -0.325 e. The molecule has 0 saturated carbocycles. The minimum absolute atomic E-state index is 0.106. The molecule has 10 heteroatoms. The smallest absolute Gasteiger partial charge is 0.239 e. The molecule has 0 aliphatic heterocycles. The van der Waals surface area contributed by atoms with Gasteiger partial charge in [0.25, 0.3) is 0 Å². The molecule has 8 nitrogen and oxygen atoms in total. The molecule has 0 fully saturated rings. The van der Waals surface area contributed by atoms with E-state index in [0.29, 0.717) is 22.7 Å². The summed E-state index contributed by atoms with van der Waals surface area (Å²) in [7, 11) is 0. The second kappa shape index (κ2) is 9.86. The number of hydrogen-bond donors (Lipinski definition) is 2. The van der Waals surface area contributed by atoms with E-state index in [1.807, 2.05) is 43.5 Å². The quantitative estimate of drug-likeness (QED) is 0.514. The number of nitrogens with one attached hydrogen (secondary N) is 2. The molecule has 3 rings (SSSR count). The highest BCUT2D eigenvalue weighted by Crippen LogP contribution is 2.24. The summed E-state index contributed by atoms with van der Waals surface area (Å²) in [5.41, 5.74) is 2.94. The lowest BCUT2D eigenvalue weighted by Crippen LogP contribution is -2.23. The Bertz CT molecular complexity index is 1030. The predicted octanol–water partition coefficient (Wildman–Crippen LogP) is 3.67. The summed E-state index contributed by atoms with van der Waals surface area (Å²) in [5, 5.41) is 16.7. The van der Waals surface area contributed by atoms with E-state index in [4.69, 9.17) is 0 Å². The van der Waals surface area contributed by atoms with Crippen LogP contribution in [0.2, 0.25) is 0 Å². The van der Waals surface area contributed by atoms with Crippen LogP contribution in [0.1, 0.15) is 30.8 Å². The van der Waals surface area contributed by atoms with Crippen molar-refractivity contribution in [2.75, 3.05) is 10.6 Å². The molecule has 0 unspecified atom stereocenters. The molecule has 0 saturated heterocycles. The van der Waals surface area contributed by atoms with E-state index in [1.165, 1.54) is 23.1 Å². The Morgan fingerprint density at radius 1 is 1.23 bits per heavy atom. The van der Waals surface area contributed by atoms with Crippen LogP contribution in [-0.4, -0.2) is 36.8 Å². The summed E-state index contributed by atoms with van der Waals surface area (Å²) in [5.74, 6) is 0.250. The van der Waals surface area contributed by atoms with E-state index in [-0.39, 0.29) is 23.5 Å². The number of thiazole rings is 1. The lowest BCUT2D eigenvalue weighted by Gasteiger charge is -2.12. The maximum Gasteiger partial charge on any atom is 0.239 e. The Balaban J connectivity index is 1.64. The lowest BCUT2D eigenvalue weighted by atomic mass is 10.1. The number of nitrogens with zero attached hydrogens (tertiary/aromatic N) is 4. The van der Waals surface area contributed by atoms with Crippen molar-refractivity contribution in [1.82, 2.24) is 19.7 Å². The van der Waals surface area contributed by atoms with Crippen molar-refractivity contribution < 1.29 is 9.59 Å². The first-order valence-corrected chi connectivity index (χ1v) is 11.3. The fraction of sp³-hybridized carbons (Fsp3) is 0.350. The van der Waals surface area contributed by atoms with Gasteiger partial charge in [0.15, 0.2) is 10.3 Å². The van der Waals surface area contributed by atoms with Gasteiger partial charge >= 0.3 is 0 Å². The highest BCUT2D eigenvalue weighted by Gasteiger charge is 2.21. The predicted molar refractivity (Wildman–Crippen MR) is 120 cm³/mol. The van der Waals surface area contributed by atoms with Gasteiger partial charge in [-0.25, -0.2) is 4.98 Å². The van der Waals surface area contributed by atoms with Gasteiger partial charge in [-0.2, -0.15) is 0 Å². The van der Waals surface area contributed by atoms with Crippen molar-refractivity contribution in [1.29, 1.82) is 0 Å². The fourth-order valence-electron chi connectivity index (χ4n) is 2.85. The average Bonchev–Trinajstić information content (AvgIpc) is 3.33. The largest absolute Gasteiger partial charge is 0.325 e. The normalized spacial score (nSPS) is 11.9. The van der Waals surface area contributed by atoms with Crippen LogP contribution in [0.5, 0.6) is 0 Å². The number of thioether (sulfide) groups is 1.